The summed E-state index contributed by atoms with van der Waals surface area (Å²) in [6.45, 7) is -0.697. The Kier molecular flexibility index (Phi) is 2.53. The molecule has 3 heterocycles. The first kappa shape index (κ1) is 11.5. The third-order valence-corrected chi connectivity index (χ3v) is 3.09. The first-order valence-corrected chi connectivity index (χ1v) is 5.52. The molecular formula is C11H11F2N3O2. The molecule has 2 aromatic rings. The summed E-state index contributed by atoms with van der Waals surface area (Å²) in [6, 6.07) is 1.74. The number of alkyl halides is 2. The van der Waals surface area contributed by atoms with Crippen LogP contribution in [0.4, 0.5) is 8.78 Å². The van der Waals surface area contributed by atoms with E-state index in [1.54, 1.807) is 23.0 Å². The van der Waals surface area contributed by atoms with Crippen molar-refractivity contribution >= 4 is 11.0 Å². The fourth-order valence-electron chi connectivity index (χ4n) is 2.17. The van der Waals surface area contributed by atoms with E-state index < -0.39 is 31.3 Å². The van der Waals surface area contributed by atoms with E-state index in [1.165, 1.54) is 6.33 Å². The molecule has 3 rings (SSSR count). The van der Waals surface area contributed by atoms with Gasteiger partial charge in [0.15, 0.2) is 0 Å². The second-order valence-corrected chi connectivity index (χ2v) is 4.25. The van der Waals surface area contributed by atoms with Gasteiger partial charge in [0.05, 0.1) is 13.0 Å². The summed E-state index contributed by atoms with van der Waals surface area (Å²) in [6.07, 6.45) is 1.86. The fraction of sp³-hybridized carbons (Fsp3) is 0.455. The molecule has 1 fully saturated rings. The molecule has 0 radical (unpaired) electrons. The highest BCUT2D eigenvalue weighted by Gasteiger charge is 2.50. The Bertz CT molecular complexity index is 572. The minimum atomic E-state index is -3.02. The molecule has 0 aromatic carbocycles. The number of aromatic nitrogens is 3. The van der Waals surface area contributed by atoms with Gasteiger partial charge in [-0.2, -0.15) is 0 Å². The zero-order chi connectivity index (χ0) is 12.8. The fourth-order valence-corrected chi connectivity index (χ4v) is 2.17. The van der Waals surface area contributed by atoms with Crippen LogP contribution in [0.25, 0.3) is 11.0 Å². The summed E-state index contributed by atoms with van der Waals surface area (Å²) in [5.41, 5.74) is 0.546. The molecule has 0 amide bonds. The lowest BCUT2D eigenvalue weighted by Crippen LogP contribution is -2.31. The number of fused-ring (bicyclic) bond motifs is 1. The van der Waals surface area contributed by atoms with E-state index in [-0.39, 0.29) is 0 Å². The second kappa shape index (κ2) is 3.96. The van der Waals surface area contributed by atoms with Gasteiger partial charge in [0.2, 0.25) is 0 Å². The van der Waals surface area contributed by atoms with Crippen LogP contribution >= 0.6 is 0 Å². The van der Waals surface area contributed by atoms with Crippen LogP contribution in [0.2, 0.25) is 0 Å². The summed E-state index contributed by atoms with van der Waals surface area (Å²) in [5, 5.41) is 9.65. The highest BCUT2D eigenvalue weighted by Crippen LogP contribution is 2.41. The molecule has 1 saturated heterocycles. The summed E-state index contributed by atoms with van der Waals surface area (Å²) in [7, 11) is 0. The van der Waals surface area contributed by atoms with Gasteiger partial charge in [0.25, 0.3) is 5.92 Å². The molecule has 2 aromatic heterocycles. The first-order valence-electron chi connectivity index (χ1n) is 5.52. The molecular weight excluding hydrogens is 244 g/mol. The zero-order valence-electron chi connectivity index (χ0n) is 9.33. The predicted molar refractivity (Wildman–Crippen MR) is 58.1 cm³/mol. The van der Waals surface area contributed by atoms with Crippen LogP contribution in [-0.2, 0) is 4.74 Å². The van der Waals surface area contributed by atoms with Crippen LogP contribution in [-0.4, -0.2) is 38.3 Å². The Morgan fingerprint density at radius 2 is 2.39 bits per heavy atom. The van der Waals surface area contributed by atoms with Gasteiger partial charge in [-0.1, -0.05) is 0 Å². The van der Waals surface area contributed by atoms with Crippen LogP contribution in [0.15, 0.2) is 24.8 Å². The van der Waals surface area contributed by atoms with E-state index in [0.717, 1.165) is 5.39 Å². The van der Waals surface area contributed by atoms with Crippen molar-refractivity contribution in [1.29, 1.82) is 0 Å². The van der Waals surface area contributed by atoms with Crippen LogP contribution in [0.1, 0.15) is 12.6 Å². The molecule has 5 nitrogen and oxygen atoms in total. The molecule has 1 N–H and O–H groups in total. The molecule has 96 valence electrons. The summed E-state index contributed by atoms with van der Waals surface area (Å²) < 4.78 is 33.8. The molecule has 0 bridgehead atoms. The quantitative estimate of drug-likeness (QED) is 0.879. The number of nitrogens with zero attached hydrogens (tertiary/aromatic N) is 3. The Hall–Kier alpha value is -1.60. The van der Waals surface area contributed by atoms with Crippen molar-refractivity contribution in [2.75, 3.05) is 6.61 Å². The number of rotatable bonds is 2. The largest absolute Gasteiger partial charge is 0.393 e. The number of halogens is 2. The molecule has 0 aliphatic carbocycles. The van der Waals surface area contributed by atoms with Crippen molar-refractivity contribution < 1.29 is 18.6 Å². The molecule has 0 saturated carbocycles. The minimum Gasteiger partial charge on any atom is -0.393 e. The van der Waals surface area contributed by atoms with Crippen molar-refractivity contribution in [3.8, 4) is 0 Å². The number of ether oxygens (including phenoxy) is 1. The molecule has 7 heteroatoms. The molecule has 1 aliphatic heterocycles. The lowest BCUT2D eigenvalue weighted by atomic mass is 10.2. The molecule has 1 aliphatic rings. The lowest BCUT2D eigenvalue weighted by Gasteiger charge is -2.14. The van der Waals surface area contributed by atoms with Crippen molar-refractivity contribution in [3.63, 3.8) is 0 Å². The van der Waals surface area contributed by atoms with Crippen molar-refractivity contribution in [2.24, 2.45) is 0 Å². The third-order valence-electron chi connectivity index (χ3n) is 3.09. The maximum Gasteiger partial charge on any atom is 0.280 e. The zero-order valence-corrected chi connectivity index (χ0v) is 9.33. The van der Waals surface area contributed by atoms with Crippen LogP contribution in [0.5, 0.6) is 0 Å². The standard InChI is InChI=1S/C11H11F2N3O2/c12-11(13)3-9(18-8(11)5-17)16-2-1-7-4-14-6-15-10(7)16/h1-2,4,6,8-9,17H,3,5H2/t8-,9-/m1/s1. The number of hydrogen-bond donors (Lipinski definition) is 1. The van der Waals surface area contributed by atoms with E-state index in [2.05, 4.69) is 9.97 Å². The molecule has 0 unspecified atom stereocenters. The summed E-state index contributed by atoms with van der Waals surface area (Å²) in [5.74, 6) is -3.02. The van der Waals surface area contributed by atoms with Gasteiger partial charge >= 0.3 is 0 Å². The first-order chi connectivity index (χ1) is 8.62. The van der Waals surface area contributed by atoms with Gasteiger partial charge in [0.1, 0.15) is 24.3 Å². The molecule has 0 spiro atoms. The van der Waals surface area contributed by atoms with Gasteiger partial charge in [-0.15, -0.1) is 0 Å². The normalized spacial score (nSPS) is 26.8. The van der Waals surface area contributed by atoms with Crippen LogP contribution in [0, 0.1) is 0 Å². The Labute approximate surface area is 101 Å². The maximum atomic E-state index is 13.5. The van der Waals surface area contributed by atoms with Gasteiger partial charge in [-0.05, 0) is 6.07 Å². The SMILES string of the molecule is OC[C@H]1O[C@@H](n2ccc3cncnc32)CC1(F)F. The van der Waals surface area contributed by atoms with Gasteiger partial charge < -0.3 is 14.4 Å². The Balaban J connectivity index is 1.97. The number of aliphatic hydroxyl groups is 1. The van der Waals surface area contributed by atoms with E-state index in [0.29, 0.717) is 5.65 Å². The highest BCUT2D eigenvalue weighted by molar-refractivity contribution is 5.74. The minimum absolute atomic E-state index is 0.466. The van der Waals surface area contributed by atoms with Crippen molar-refractivity contribution in [2.45, 2.75) is 24.7 Å². The maximum absolute atomic E-state index is 13.5. The van der Waals surface area contributed by atoms with Gasteiger partial charge in [-0.25, -0.2) is 18.7 Å². The lowest BCUT2D eigenvalue weighted by molar-refractivity contribution is -0.101. The van der Waals surface area contributed by atoms with Gasteiger partial charge in [0, 0.05) is 17.8 Å². The van der Waals surface area contributed by atoms with E-state index in [4.69, 9.17) is 9.84 Å². The topological polar surface area (TPSA) is 60.2 Å². The Morgan fingerprint density at radius 1 is 1.56 bits per heavy atom. The van der Waals surface area contributed by atoms with Crippen LogP contribution < -0.4 is 0 Å². The van der Waals surface area contributed by atoms with E-state index in [1.807, 2.05) is 0 Å². The monoisotopic (exact) mass is 255 g/mol. The molecule has 2 atom stereocenters. The summed E-state index contributed by atoms with van der Waals surface area (Å²) >= 11 is 0. The van der Waals surface area contributed by atoms with E-state index >= 15 is 0 Å². The van der Waals surface area contributed by atoms with E-state index in [9.17, 15) is 8.78 Å². The average Bonchev–Trinajstić information content (AvgIpc) is 2.89. The molecule has 18 heavy (non-hydrogen) atoms. The highest BCUT2D eigenvalue weighted by atomic mass is 19.3. The number of hydrogen-bond acceptors (Lipinski definition) is 4. The van der Waals surface area contributed by atoms with Crippen LogP contribution in [0.3, 0.4) is 0 Å². The third kappa shape index (κ3) is 1.67. The van der Waals surface area contributed by atoms with Crippen molar-refractivity contribution in [1.82, 2.24) is 14.5 Å². The van der Waals surface area contributed by atoms with Gasteiger partial charge in [-0.3, -0.25) is 0 Å². The van der Waals surface area contributed by atoms with Crippen molar-refractivity contribution in [3.05, 3.63) is 24.8 Å². The summed E-state index contributed by atoms with van der Waals surface area (Å²) in [4.78, 5) is 7.91. The second-order valence-electron chi connectivity index (χ2n) is 4.25. The predicted octanol–water partition coefficient (Wildman–Crippen LogP) is 1.35. The Morgan fingerprint density at radius 3 is 3.11 bits per heavy atom. The number of aliphatic hydroxyl groups excluding tert-OH is 1. The average molecular weight is 255 g/mol. The smallest absolute Gasteiger partial charge is 0.280 e.